The number of rotatable bonds is 3. The Kier molecular flexibility index (Phi) is 3.12. The highest BCUT2D eigenvalue weighted by Gasteiger charge is 2.23. The first-order chi connectivity index (χ1) is 10.2. The van der Waals surface area contributed by atoms with E-state index in [-0.39, 0.29) is 11.5 Å². The zero-order chi connectivity index (χ0) is 14.8. The maximum Gasteiger partial charge on any atom is 0.318 e. The molecule has 0 saturated heterocycles. The Morgan fingerprint density at radius 2 is 1.90 bits per heavy atom. The third kappa shape index (κ3) is 2.34. The van der Waals surface area contributed by atoms with Gasteiger partial charge in [0.25, 0.3) is 0 Å². The molecule has 0 unspecified atom stereocenters. The smallest absolute Gasteiger partial charge is 0.318 e. The van der Waals surface area contributed by atoms with Crippen LogP contribution in [0.1, 0.15) is 0 Å². The molecular weight excluding hydrogens is 270 g/mol. The molecule has 21 heavy (non-hydrogen) atoms. The number of benzene rings is 1. The Labute approximate surface area is 120 Å². The van der Waals surface area contributed by atoms with Crippen LogP contribution in [0.25, 0.3) is 22.6 Å². The van der Waals surface area contributed by atoms with Crippen LogP contribution in [-0.4, -0.2) is 9.91 Å². The number of pyridine rings is 1. The van der Waals surface area contributed by atoms with E-state index in [9.17, 15) is 10.1 Å². The van der Waals surface area contributed by atoms with Crippen LogP contribution < -0.4 is 5.73 Å². The Morgan fingerprint density at radius 1 is 1.14 bits per heavy atom. The van der Waals surface area contributed by atoms with Gasteiger partial charge in [0.1, 0.15) is 5.69 Å². The maximum absolute atomic E-state index is 11.3. The van der Waals surface area contributed by atoms with Crippen molar-refractivity contribution in [2.24, 2.45) is 0 Å². The van der Waals surface area contributed by atoms with Crippen LogP contribution in [0, 0.1) is 10.1 Å². The van der Waals surface area contributed by atoms with E-state index in [1.165, 1.54) is 6.26 Å². The fraction of sp³-hybridized carbons (Fsp3) is 0. The normalized spacial score (nSPS) is 10.5. The largest absolute Gasteiger partial charge is 0.463 e. The van der Waals surface area contributed by atoms with Crippen LogP contribution in [0.2, 0.25) is 0 Å². The molecule has 0 aliphatic carbocycles. The minimum atomic E-state index is -0.517. The molecule has 0 spiro atoms. The number of nitrogens with two attached hydrogens (primary N) is 1. The zero-order valence-electron chi connectivity index (χ0n) is 10.9. The molecule has 1 aromatic carbocycles. The average Bonchev–Trinajstić information content (AvgIpc) is 3.01. The number of nitrogens with zero attached hydrogens (tertiary/aromatic N) is 2. The number of hydrogen-bond donors (Lipinski definition) is 1. The number of nitro groups is 1. The molecule has 0 atom stereocenters. The lowest BCUT2D eigenvalue weighted by Crippen LogP contribution is -2.02. The highest BCUT2D eigenvalue weighted by atomic mass is 16.6. The minimum Gasteiger partial charge on any atom is -0.463 e. The Bertz CT molecular complexity index is 783. The molecule has 0 saturated carbocycles. The van der Waals surface area contributed by atoms with Crippen LogP contribution in [-0.2, 0) is 0 Å². The molecule has 0 amide bonds. The Hall–Kier alpha value is -3.15. The van der Waals surface area contributed by atoms with Crippen LogP contribution in [0.4, 0.5) is 11.5 Å². The lowest BCUT2D eigenvalue weighted by molar-refractivity contribution is -0.383. The second-order valence-electron chi connectivity index (χ2n) is 4.39. The van der Waals surface area contributed by atoms with Crippen LogP contribution in [0.5, 0.6) is 0 Å². The van der Waals surface area contributed by atoms with Gasteiger partial charge in [-0.15, -0.1) is 0 Å². The molecule has 2 aromatic heterocycles. The Morgan fingerprint density at radius 3 is 2.52 bits per heavy atom. The highest BCUT2D eigenvalue weighted by molar-refractivity contribution is 5.82. The summed E-state index contributed by atoms with van der Waals surface area (Å²) in [6, 6.07) is 14.1. The zero-order valence-corrected chi connectivity index (χ0v) is 10.9. The molecule has 0 radical (unpaired) electrons. The van der Waals surface area contributed by atoms with Gasteiger partial charge in [-0.05, 0) is 23.8 Å². The summed E-state index contributed by atoms with van der Waals surface area (Å²) in [7, 11) is 0. The number of furan rings is 1. The first kappa shape index (κ1) is 12.9. The molecule has 0 bridgehead atoms. The lowest BCUT2D eigenvalue weighted by Gasteiger charge is -2.07. The van der Waals surface area contributed by atoms with Crippen molar-refractivity contribution in [2.45, 2.75) is 0 Å². The molecule has 0 aliphatic rings. The van der Waals surface area contributed by atoms with Gasteiger partial charge in [0.2, 0.25) is 5.82 Å². The molecule has 104 valence electrons. The van der Waals surface area contributed by atoms with Crippen molar-refractivity contribution < 1.29 is 9.34 Å². The van der Waals surface area contributed by atoms with Crippen LogP contribution in [0.15, 0.2) is 59.2 Å². The quantitative estimate of drug-likeness (QED) is 0.585. The monoisotopic (exact) mass is 281 g/mol. The van der Waals surface area contributed by atoms with Gasteiger partial charge in [0.05, 0.1) is 16.7 Å². The van der Waals surface area contributed by atoms with Crippen LogP contribution in [0.3, 0.4) is 0 Å². The van der Waals surface area contributed by atoms with E-state index in [4.69, 9.17) is 10.2 Å². The molecule has 6 nitrogen and oxygen atoms in total. The summed E-state index contributed by atoms with van der Waals surface area (Å²) < 4.78 is 5.28. The highest BCUT2D eigenvalue weighted by Crippen LogP contribution is 2.36. The Balaban J connectivity index is 2.27. The molecule has 6 heteroatoms. The van der Waals surface area contributed by atoms with Crippen molar-refractivity contribution in [3.63, 3.8) is 0 Å². The van der Waals surface area contributed by atoms with E-state index in [1.54, 1.807) is 30.3 Å². The third-order valence-electron chi connectivity index (χ3n) is 3.06. The second kappa shape index (κ2) is 5.09. The SMILES string of the molecule is Nc1nc(-c2ccco2)cc(-c2ccccc2)c1[N+](=O)[O-]. The van der Waals surface area contributed by atoms with E-state index in [0.29, 0.717) is 22.6 Å². The summed E-state index contributed by atoms with van der Waals surface area (Å²) in [6.07, 6.45) is 1.51. The van der Waals surface area contributed by atoms with Gasteiger partial charge in [-0.1, -0.05) is 30.3 Å². The lowest BCUT2D eigenvalue weighted by atomic mass is 10.0. The fourth-order valence-corrected chi connectivity index (χ4v) is 2.14. The van der Waals surface area contributed by atoms with E-state index < -0.39 is 4.92 Å². The molecule has 2 heterocycles. The van der Waals surface area contributed by atoms with Gasteiger partial charge < -0.3 is 10.2 Å². The predicted molar refractivity (Wildman–Crippen MR) is 78.4 cm³/mol. The molecule has 3 rings (SSSR count). The van der Waals surface area contributed by atoms with Crippen molar-refractivity contribution in [1.29, 1.82) is 0 Å². The summed E-state index contributed by atoms with van der Waals surface area (Å²) in [5.41, 5.74) is 7.15. The minimum absolute atomic E-state index is 0.132. The van der Waals surface area contributed by atoms with Crippen molar-refractivity contribution in [1.82, 2.24) is 4.98 Å². The summed E-state index contributed by atoms with van der Waals surface area (Å²) in [6.45, 7) is 0. The molecular formula is C15H11N3O3. The van der Waals surface area contributed by atoms with Gasteiger partial charge in [0, 0.05) is 0 Å². The third-order valence-corrected chi connectivity index (χ3v) is 3.06. The first-order valence-electron chi connectivity index (χ1n) is 6.21. The van der Waals surface area contributed by atoms with E-state index >= 15 is 0 Å². The summed E-state index contributed by atoms with van der Waals surface area (Å²) in [5.74, 6) is 0.376. The van der Waals surface area contributed by atoms with E-state index in [0.717, 1.165) is 0 Å². The topological polar surface area (TPSA) is 95.2 Å². The maximum atomic E-state index is 11.3. The van der Waals surface area contributed by atoms with E-state index in [2.05, 4.69) is 4.98 Å². The average molecular weight is 281 g/mol. The first-order valence-corrected chi connectivity index (χ1v) is 6.21. The van der Waals surface area contributed by atoms with Gasteiger partial charge in [-0.25, -0.2) is 4.98 Å². The van der Waals surface area contributed by atoms with Gasteiger partial charge >= 0.3 is 5.69 Å². The van der Waals surface area contributed by atoms with Crippen molar-refractivity contribution >= 4 is 11.5 Å². The fourth-order valence-electron chi connectivity index (χ4n) is 2.14. The van der Waals surface area contributed by atoms with Crippen molar-refractivity contribution in [3.8, 4) is 22.6 Å². The summed E-state index contributed by atoms with van der Waals surface area (Å²) in [5, 5.41) is 11.3. The number of aromatic nitrogens is 1. The van der Waals surface area contributed by atoms with E-state index in [1.807, 2.05) is 18.2 Å². The van der Waals surface area contributed by atoms with Crippen molar-refractivity contribution in [3.05, 3.63) is 64.9 Å². The summed E-state index contributed by atoms with van der Waals surface area (Å²) in [4.78, 5) is 14.8. The van der Waals surface area contributed by atoms with Crippen molar-refractivity contribution in [2.75, 3.05) is 5.73 Å². The molecule has 0 aliphatic heterocycles. The number of nitrogen functional groups attached to an aromatic ring is 1. The van der Waals surface area contributed by atoms with Gasteiger partial charge in [-0.2, -0.15) is 0 Å². The second-order valence-corrected chi connectivity index (χ2v) is 4.39. The molecule has 3 aromatic rings. The van der Waals surface area contributed by atoms with Crippen LogP contribution >= 0.6 is 0 Å². The summed E-state index contributed by atoms with van der Waals surface area (Å²) >= 11 is 0. The number of anilines is 1. The van der Waals surface area contributed by atoms with Gasteiger partial charge in [-0.3, -0.25) is 10.1 Å². The standard InChI is InChI=1S/C15H11N3O3/c16-15-14(18(19)20)11(10-5-2-1-3-6-10)9-12(17-15)13-7-4-8-21-13/h1-9H,(H2,16,17). The predicted octanol–water partition coefficient (Wildman–Crippen LogP) is 3.50. The number of hydrogen-bond acceptors (Lipinski definition) is 5. The van der Waals surface area contributed by atoms with Gasteiger partial charge in [0.15, 0.2) is 5.76 Å². The molecule has 0 fully saturated rings. The molecule has 2 N–H and O–H groups in total.